The molecular weight excluding hydrogens is 252 g/mol. The molecule has 1 atom stereocenters. The van der Waals surface area contributed by atoms with Crippen LogP contribution in [0.1, 0.15) is 27.2 Å². The maximum Gasteiger partial charge on any atom is 0.163 e. The van der Waals surface area contributed by atoms with Gasteiger partial charge in [-0.15, -0.1) is 0 Å². The van der Waals surface area contributed by atoms with Crippen molar-refractivity contribution in [3.63, 3.8) is 0 Å². The van der Waals surface area contributed by atoms with Gasteiger partial charge >= 0.3 is 0 Å². The summed E-state index contributed by atoms with van der Waals surface area (Å²) in [6, 6.07) is 3.93. The molecule has 4 nitrogen and oxygen atoms in total. The van der Waals surface area contributed by atoms with Crippen molar-refractivity contribution in [2.24, 2.45) is 11.3 Å². The van der Waals surface area contributed by atoms with Crippen LogP contribution in [-0.2, 0) is 0 Å². The van der Waals surface area contributed by atoms with E-state index in [4.69, 9.17) is 15.2 Å². The molecule has 1 aromatic rings. The molecule has 110 valence electrons. The number of benzene rings is 1. The van der Waals surface area contributed by atoms with E-state index in [-0.39, 0.29) is 0 Å². The molecule has 0 radical (unpaired) electrons. The van der Waals surface area contributed by atoms with E-state index in [1.54, 1.807) is 0 Å². The molecule has 4 heteroatoms. The number of hydrogen-bond acceptors (Lipinski definition) is 4. The molecule has 0 bridgehead atoms. The normalized spacial score (nSPS) is 22.1. The molecule has 1 aromatic carbocycles. The summed E-state index contributed by atoms with van der Waals surface area (Å²) >= 11 is 0. The van der Waals surface area contributed by atoms with Crippen LogP contribution >= 0.6 is 0 Å². The van der Waals surface area contributed by atoms with Gasteiger partial charge in [0.25, 0.3) is 0 Å². The molecule has 2 N–H and O–H groups in total. The highest BCUT2D eigenvalue weighted by atomic mass is 16.6. The van der Waals surface area contributed by atoms with Gasteiger partial charge in [0.05, 0.1) is 11.4 Å². The number of hydrogen-bond donors (Lipinski definition) is 1. The minimum absolute atomic E-state index is 0.345. The molecule has 3 rings (SSSR count). The molecule has 2 heterocycles. The van der Waals surface area contributed by atoms with Gasteiger partial charge in [-0.2, -0.15) is 0 Å². The Labute approximate surface area is 120 Å². The number of fused-ring (bicyclic) bond motifs is 1. The summed E-state index contributed by atoms with van der Waals surface area (Å²) < 4.78 is 11.2. The molecule has 2 aliphatic heterocycles. The minimum Gasteiger partial charge on any atom is -0.486 e. The molecule has 1 unspecified atom stereocenters. The van der Waals surface area contributed by atoms with Crippen LogP contribution < -0.4 is 20.1 Å². The zero-order valence-electron chi connectivity index (χ0n) is 12.6. The van der Waals surface area contributed by atoms with E-state index in [9.17, 15) is 0 Å². The Morgan fingerprint density at radius 1 is 1.15 bits per heavy atom. The standard InChI is InChI=1S/C16H24N2O2/c1-16(2,3)11-4-5-18(10-11)13-9-15-14(8-12(13)17)19-6-7-20-15/h8-9,11H,4-7,10,17H2,1-3H3. The fourth-order valence-electron chi connectivity index (χ4n) is 3.05. The fourth-order valence-corrected chi connectivity index (χ4v) is 3.05. The summed E-state index contributed by atoms with van der Waals surface area (Å²) in [5, 5.41) is 0. The van der Waals surface area contributed by atoms with E-state index in [2.05, 4.69) is 25.7 Å². The van der Waals surface area contributed by atoms with Crippen LogP contribution in [0.15, 0.2) is 12.1 Å². The van der Waals surface area contributed by atoms with Gasteiger partial charge < -0.3 is 20.1 Å². The topological polar surface area (TPSA) is 47.7 Å². The zero-order chi connectivity index (χ0) is 14.3. The third-order valence-electron chi connectivity index (χ3n) is 4.45. The van der Waals surface area contributed by atoms with Crippen LogP contribution in [0, 0.1) is 11.3 Å². The second-order valence-corrected chi connectivity index (χ2v) is 6.85. The lowest BCUT2D eigenvalue weighted by Crippen LogP contribution is -2.26. The molecule has 0 spiro atoms. The highest BCUT2D eigenvalue weighted by Crippen LogP contribution is 2.42. The second-order valence-electron chi connectivity index (χ2n) is 6.85. The van der Waals surface area contributed by atoms with Gasteiger partial charge in [-0.1, -0.05) is 20.8 Å². The molecule has 1 fully saturated rings. The first kappa shape index (κ1) is 13.4. The van der Waals surface area contributed by atoms with E-state index < -0.39 is 0 Å². The Hall–Kier alpha value is -1.58. The van der Waals surface area contributed by atoms with E-state index in [1.165, 1.54) is 6.42 Å². The largest absolute Gasteiger partial charge is 0.486 e. The van der Waals surface area contributed by atoms with Gasteiger partial charge in [-0.3, -0.25) is 0 Å². The molecule has 0 amide bonds. The first-order valence-electron chi connectivity index (χ1n) is 7.39. The summed E-state index contributed by atoms with van der Waals surface area (Å²) in [6.45, 7) is 10.3. The Bertz CT molecular complexity index is 508. The quantitative estimate of drug-likeness (QED) is 0.801. The average molecular weight is 276 g/mol. The molecule has 20 heavy (non-hydrogen) atoms. The Morgan fingerprint density at radius 3 is 2.40 bits per heavy atom. The van der Waals surface area contributed by atoms with Gasteiger partial charge in [0, 0.05) is 25.2 Å². The Morgan fingerprint density at radius 2 is 1.80 bits per heavy atom. The number of nitrogens with zero attached hydrogens (tertiary/aromatic N) is 1. The fraction of sp³-hybridized carbons (Fsp3) is 0.625. The van der Waals surface area contributed by atoms with Crippen molar-refractivity contribution in [1.82, 2.24) is 0 Å². The SMILES string of the molecule is CC(C)(C)C1CCN(c2cc3c(cc2N)OCCO3)C1. The number of nitrogens with two attached hydrogens (primary N) is 1. The molecule has 2 aliphatic rings. The number of nitrogen functional groups attached to an aromatic ring is 1. The summed E-state index contributed by atoms with van der Waals surface area (Å²) in [4.78, 5) is 2.38. The smallest absolute Gasteiger partial charge is 0.163 e. The van der Waals surface area contributed by atoms with Gasteiger partial charge in [-0.05, 0) is 17.8 Å². The number of anilines is 2. The van der Waals surface area contributed by atoms with E-state index >= 15 is 0 Å². The lowest BCUT2D eigenvalue weighted by molar-refractivity contribution is 0.172. The van der Waals surface area contributed by atoms with Gasteiger partial charge in [0.2, 0.25) is 0 Å². The predicted molar refractivity (Wildman–Crippen MR) is 81.6 cm³/mol. The molecular formula is C16H24N2O2. The summed E-state index contributed by atoms with van der Waals surface area (Å²) in [7, 11) is 0. The predicted octanol–water partition coefficient (Wildman–Crippen LogP) is 2.91. The zero-order valence-corrected chi connectivity index (χ0v) is 12.6. The van der Waals surface area contributed by atoms with Crippen LogP contribution in [-0.4, -0.2) is 26.3 Å². The van der Waals surface area contributed by atoms with Crippen molar-refractivity contribution in [3.05, 3.63) is 12.1 Å². The first-order chi connectivity index (χ1) is 9.45. The number of ether oxygens (including phenoxy) is 2. The van der Waals surface area contributed by atoms with Crippen molar-refractivity contribution in [1.29, 1.82) is 0 Å². The van der Waals surface area contributed by atoms with E-state index in [1.807, 2.05) is 12.1 Å². The average Bonchev–Trinajstić information content (AvgIpc) is 2.87. The van der Waals surface area contributed by atoms with Crippen LogP contribution in [0.4, 0.5) is 11.4 Å². The highest BCUT2D eigenvalue weighted by Gasteiger charge is 2.33. The maximum atomic E-state index is 6.20. The van der Waals surface area contributed by atoms with Crippen LogP contribution in [0.3, 0.4) is 0 Å². The van der Waals surface area contributed by atoms with Crippen molar-refractivity contribution in [2.75, 3.05) is 36.9 Å². The van der Waals surface area contributed by atoms with Crippen LogP contribution in [0.25, 0.3) is 0 Å². The lowest BCUT2D eigenvalue weighted by atomic mass is 9.80. The van der Waals surface area contributed by atoms with Crippen molar-refractivity contribution >= 4 is 11.4 Å². The van der Waals surface area contributed by atoms with E-state index in [0.717, 1.165) is 36.0 Å². The monoisotopic (exact) mass is 276 g/mol. The molecule has 1 saturated heterocycles. The van der Waals surface area contributed by atoms with Crippen LogP contribution in [0.5, 0.6) is 11.5 Å². The number of rotatable bonds is 1. The lowest BCUT2D eigenvalue weighted by Gasteiger charge is -2.28. The van der Waals surface area contributed by atoms with Crippen molar-refractivity contribution in [3.8, 4) is 11.5 Å². The Balaban J connectivity index is 1.84. The highest BCUT2D eigenvalue weighted by molar-refractivity contribution is 5.73. The maximum absolute atomic E-state index is 6.20. The summed E-state index contributed by atoms with van der Waals surface area (Å²) in [5.74, 6) is 2.29. The van der Waals surface area contributed by atoms with Gasteiger partial charge in [0.15, 0.2) is 11.5 Å². The third-order valence-corrected chi connectivity index (χ3v) is 4.45. The van der Waals surface area contributed by atoms with Gasteiger partial charge in [0.1, 0.15) is 13.2 Å². The van der Waals surface area contributed by atoms with Crippen LogP contribution in [0.2, 0.25) is 0 Å². The van der Waals surface area contributed by atoms with E-state index in [0.29, 0.717) is 24.5 Å². The first-order valence-corrected chi connectivity index (χ1v) is 7.39. The third kappa shape index (κ3) is 2.39. The molecule has 0 aliphatic carbocycles. The minimum atomic E-state index is 0.345. The second kappa shape index (κ2) is 4.76. The summed E-state index contributed by atoms with van der Waals surface area (Å²) in [5.41, 5.74) is 8.41. The Kier molecular flexibility index (Phi) is 3.19. The molecule has 0 aromatic heterocycles. The summed E-state index contributed by atoms with van der Waals surface area (Å²) in [6.07, 6.45) is 1.22. The van der Waals surface area contributed by atoms with Crippen molar-refractivity contribution < 1.29 is 9.47 Å². The molecule has 0 saturated carbocycles. The van der Waals surface area contributed by atoms with Gasteiger partial charge in [-0.25, -0.2) is 0 Å². The van der Waals surface area contributed by atoms with Crippen molar-refractivity contribution in [2.45, 2.75) is 27.2 Å².